The summed E-state index contributed by atoms with van der Waals surface area (Å²) in [5, 5.41) is 8.92. The Balaban J connectivity index is 2.40. The van der Waals surface area contributed by atoms with Gasteiger partial charge in [0.15, 0.2) is 0 Å². The monoisotopic (exact) mass is 262 g/mol. The van der Waals surface area contributed by atoms with Crippen molar-refractivity contribution >= 4 is 15.9 Å². The molecule has 1 aromatic rings. The van der Waals surface area contributed by atoms with Gasteiger partial charge < -0.3 is 0 Å². The fourth-order valence-corrected chi connectivity index (χ4v) is 2.46. The molecule has 0 radical (unpaired) electrons. The van der Waals surface area contributed by atoms with Gasteiger partial charge in [0.05, 0.1) is 15.7 Å². The van der Waals surface area contributed by atoms with Crippen molar-refractivity contribution in [3.8, 4) is 6.07 Å². The van der Waals surface area contributed by atoms with Crippen LogP contribution in [0.15, 0.2) is 28.9 Å². The molecule has 15 heavy (non-hydrogen) atoms. The number of aromatic nitrogens is 1. The first kappa shape index (κ1) is 10.4. The molecule has 2 rings (SSSR count). The summed E-state index contributed by atoms with van der Waals surface area (Å²) in [7, 11) is 0. The number of rotatable bonds is 1. The number of allylic oxidation sites excluding steroid dienone is 2. The van der Waals surface area contributed by atoms with Crippen molar-refractivity contribution < 1.29 is 0 Å². The van der Waals surface area contributed by atoms with Crippen LogP contribution < -0.4 is 0 Å². The topological polar surface area (TPSA) is 36.7 Å². The third-order valence-electron chi connectivity index (χ3n) is 2.64. The number of hydrogen-bond acceptors (Lipinski definition) is 2. The zero-order valence-corrected chi connectivity index (χ0v) is 9.87. The van der Waals surface area contributed by atoms with Crippen LogP contribution in [-0.4, -0.2) is 4.98 Å². The van der Waals surface area contributed by atoms with E-state index in [2.05, 4.69) is 39.1 Å². The third-order valence-corrected chi connectivity index (χ3v) is 3.48. The molecule has 0 amide bonds. The molecule has 0 aromatic carbocycles. The SMILES string of the molecule is N#Cc1ccnc(C2C=CCCC2)c1Br. The van der Waals surface area contributed by atoms with E-state index in [-0.39, 0.29) is 0 Å². The number of pyridine rings is 1. The first-order chi connectivity index (χ1) is 7.33. The summed E-state index contributed by atoms with van der Waals surface area (Å²) in [4.78, 5) is 4.36. The predicted octanol–water partition coefficient (Wildman–Crippen LogP) is 3.54. The average Bonchev–Trinajstić information content (AvgIpc) is 2.30. The van der Waals surface area contributed by atoms with E-state index in [1.54, 1.807) is 12.3 Å². The summed E-state index contributed by atoms with van der Waals surface area (Å²) >= 11 is 3.46. The normalized spacial score (nSPS) is 19.9. The maximum absolute atomic E-state index is 8.92. The Morgan fingerprint density at radius 2 is 2.40 bits per heavy atom. The van der Waals surface area contributed by atoms with Gasteiger partial charge in [-0.05, 0) is 41.3 Å². The van der Waals surface area contributed by atoms with E-state index in [9.17, 15) is 0 Å². The van der Waals surface area contributed by atoms with Crippen LogP contribution in [0, 0.1) is 11.3 Å². The van der Waals surface area contributed by atoms with Gasteiger partial charge in [0.1, 0.15) is 6.07 Å². The molecule has 3 heteroatoms. The number of nitrogens with zero attached hydrogens (tertiary/aromatic N) is 2. The fourth-order valence-electron chi connectivity index (χ4n) is 1.84. The minimum absolute atomic E-state index is 0.362. The van der Waals surface area contributed by atoms with Gasteiger partial charge in [0, 0.05) is 12.1 Å². The van der Waals surface area contributed by atoms with Gasteiger partial charge in [0.25, 0.3) is 0 Å². The molecule has 76 valence electrons. The Kier molecular flexibility index (Phi) is 3.17. The quantitative estimate of drug-likeness (QED) is 0.726. The van der Waals surface area contributed by atoms with Gasteiger partial charge in [-0.1, -0.05) is 12.2 Å². The van der Waals surface area contributed by atoms with Crippen molar-refractivity contribution in [3.63, 3.8) is 0 Å². The lowest BCUT2D eigenvalue weighted by molar-refractivity contribution is 0.639. The van der Waals surface area contributed by atoms with E-state index in [4.69, 9.17) is 5.26 Å². The Bertz CT molecular complexity index is 432. The predicted molar refractivity (Wildman–Crippen MR) is 62.4 cm³/mol. The second kappa shape index (κ2) is 4.59. The standard InChI is InChI=1S/C12H11BrN2/c13-11-10(8-14)6-7-15-12(11)9-4-2-1-3-5-9/h2,4,6-7,9H,1,3,5H2. The van der Waals surface area contributed by atoms with Gasteiger partial charge in [-0.25, -0.2) is 0 Å². The molecule has 0 aliphatic heterocycles. The van der Waals surface area contributed by atoms with E-state index in [1.807, 2.05) is 0 Å². The molecule has 1 heterocycles. The summed E-state index contributed by atoms with van der Waals surface area (Å²) in [6.07, 6.45) is 9.58. The maximum Gasteiger partial charge on any atom is 0.100 e. The summed E-state index contributed by atoms with van der Waals surface area (Å²) < 4.78 is 0.851. The Labute approximate surface area is 97.8 Å². The molecule has 1 atom stereocenters. The summed E-state index contributed by atoms with van der Waals surface area (Å²) in [5.74, 6) is 0.362. The molecule has 0 bridgehead atoms. The third kappa shape index (κ3) is 2.10. The van der Waals surface area contributed by atoms with Crippen molar-refractivity contribution in [2.45, 2.75) is 25.2 Å². The maximum atomic E-state index is 8.92. The minimum Gasteiger partial charge on any atom is -0.259 e. The van der Waals surface area contributed by atoms with E-state index >= 15 is 0 Å². The highest BCUT2D eigenvalue weighted by atomic mass is 79.9. The van der Waals surface area contributed by atoms with Crippen LogP contribution in [0.25, 0.3) is 0 Å². The molecule has 0 spiro atoms. The summed E-state index contributed by atoms with van der Waals surface area (Å²) in [6.45, 7) is 0. The first-order valence-electron chi connectivity index (χ1n) is 5.04. The van der Waals surface area contributed by atoms with Crippen molar-refractivity contribution in [1.82, 2.24) is 4.98 Å². The van der Waals surface area contributed by atoms with E-state index in [0.717, 1.165) is 23.0 Å². The molecule has 0 saturated carbocycles. The summed E-state index contributed by atoms with van der Waals surface area (Å²) in [6, 6.07) is 3.90. The second-order valence-electron chi connectivity index (χ2n) is 3.64. The molecule has 0 N–H and O–H groups in total. The lowest BCUT2D eigenvalue weighted by Gasteiger charge is -2.17. The van der Waals surface area contributed by atoms with Crippen molar-refractivity contribution in [3.05, 3.63) is 40.1 Å². The van der Waals surface area contributed by atoms with Crippen LogP contribution in [0.4, 0.5) is 0 Å². The number of halogens is 1. The van der Waals surface area contributed by atoms with Crippen LogP contribution in [0.2, 0.25) is 0 Å². The average molecular weight is 263 g/mol. The first-order valence-corrected chi connectivity index (χ1v) is 5.83. The highest BCUT2D eigenvalue weighted by molar-refractivity contribution is 9.10. The lowest BCUT2D eigenvalue weighted by Crippen LogP contribution is -2.03. The Hall–Kier alpha value is -1.14. The molecule has 0 fully saturated rings. The van der Waals surface area contributed by atoms with Crippen LogP contribution in [0.1, 0.15) is 36.4 Å². The van der Waals surface area contributed by atoms with Crippen LogP contribution in [-0.2, 0) is 0 Å². The highest BCUT2D eigenvalue weighted by Crippen LogP contribution is 2.32. The number of nitriles is 1. The van der Waals surface area contributed by atoms with E-state index in [0.29, 0.717) is 11.5 Å². The lowest BCUT2D eigenvalue weighted by atomic mass is 9.92. The van der Waals surface area contributed by atoms with E-state index < -0.39 is 0 Å². The van der Waals surface area contributed by atoms with Crippen LogP contribution in [0.3, 0.4) is 0 Å². The fraction of sp³-hybridized carbons (Fsp3) is 0.333. The molecular formula is C12H11BrN2. The Morgan fingerprint density at radius 1 is 1.53 bits per heavy atom. The van der Waals surface area contributed by atoms with Crippen LogP contribution >= 0.6 is 15.9 Å². The number of hydrogen-bond donors (Lipinski definition) is 0. The van der Waals surface area contributed by atoms with Crippen molar-refractivity contribution in [1.29, 1.82) is 5.26 Å². The molecule has 1 unspecified atom stereocenters. The summed E-state index contributed by atoms with van der Waals surface area (Å²) in [5.41, 5.74) is 1.66. The van der Waals surface area contributed by atoms with Gasteiger partial charge in [0.2, 0.25) is 0 Å². The molecule has 0 saturated heterocycles. The van der Waals surface area contributed by atoms with Gasteiger partial charge >= 0.3 is 0 Å². The largest absolute Gasteiger partial charge is 0.259 e. The Morgan fingerprint density at radius 3 is 3.07 bits per heavy atom. The van der Waals surface area contributed by atoms with Gasteiger partial charge in [-0.3, -0.25) is 4.98 Å². The van der Waals surface area contributed by atoms with Gasteiger partial charge in [-0.2, -0.15) is 5.26 Å². The zero-order chi connectivity index (χ0) is 10.7. The highest BCUT2D eigenvalue weighted by Gasteiger charge is 2.17. The molecule has 2 nitrogen and oxygen atoms in total. The van der Waals surface area contributed by atoms with Crippen molar-refractivity contribution in [2.75, 3.05) is 0 Å². The van der Waals surface area contributed by atoms with Gasteiger partial charge in [-0.15, -0.1) is 0 Å². The second-order valence-corrected chi connectivity index (χ2v) is 4.43. The van der Waals surface area contributed by atoms with E-state index in [1.165, 1.54) is 6.42 Å². The minimum atomic E-state index is 0.362. The van der Waals surface area contributed by atoms with Crippen molar-refractivity contribution in [2.24, 2.45) is 0 Å². The molecule has 1 aliphatic rings. The molecule has 1 aromatic heterocycles. The molecular weight excluding hydrogens is 252 g/mol. The zero-order valence-electron chi connectivity index (χ0n) is 8.28. The smallest absolute Gasteiger partial charge is 0.100 e. The molecule has 1 aliphatic carbocycles. The van der Waals surface area contributed by atoms with Crippen LogP contribution in [0.5, 0.6) is 0 Å².